The van der Waals surface area contributed by atoms with E-state index in [4.69, 9.17) is 9.47 Å². The molecule has 1 heterocycles. The van der Waals surface area contributed by atoms with Gasteiger partial charge < -0.3 is 9.47 Å². The van der Waals surface area contributed by atoms with E-state index in [9.17, 15) is 0 Å². The first-order valence-corrected chi connectivity index (χ1v) is 11.6. The Labute approximate surface area is 189 Å². The van der Waals surface area contributed by atoms with E-state index in [1.807, 2.05) is 62.4 Å². The normalized spacial score (nSPS) is 11.4. The molecule has 0 amide bonds. The summed E-state index contributed by atoms with van der Waals surface area (Å²) in [7, 11) is 0. The largest absolute Gasteiger partial charge is 0.494 e. The minimum atomic E-state index is 0.724. The minimum absolute atomic E-state index is 0.724. The summed E-state index contributed by atoms with van der Waals surface area (Å²) in [4.78, 5) is 0. The number of allylic oxidation sites excluding steroid dienone is 4. The quantitative estimate of drug-likeness (QED) is 0.221. The number of unbranched alkanes of at least 4 members (excludes halogenated alkanes) is 2. The van der Waals surface area contributed by atoms with Crippen LogP contribution in [0.1, 0.15) is 39.5 Å². The molecule has 162 valence electrons. The lowest BCUT2D eigenvalue weighted by molar-refractivity contribution is 0.312. The van der Waals surface area contributed by atoms with E-state index in [2.05, 4.69) is 34.5 Å². The average Bonchev–Trinajstić information content (AvgIpc) is 3.30. The maximum absolute atomic E-state index is 5.79. The van der Waals surface area contributed by atoms with Crippen molar-refractivity contribution < 1.29 is 9.47 Å². The van der Waals surface area contributed by atoms with Crippen molar-refractivity contribution in [3.8, 4) is 32.6 Å². The Balaban J connectivity index is 1.53. The van der Waals surface area contributed by atoms with Gasteiger partial charge in [-0.25, -0.2) is 0 Å². The number of hydrogen-bond acceptors (Lipinski definition) is 5. The Kier molecular flexibility index (Phi) is 9.32. The predicted octanol–water partition coefficient (Wildman–Crippen LogP) is 7.34. The lowest BCUT2D eigenvalue weighted by Gasteiger charge is -2.05. The highest BCUT2D eigenvalue weighted by Crippen LogP contribution is 2.31. The topological polar surface area (TPSA) is 44.2 Å². The summed E-state index contributed by atoms with van der Waals surface area (Å²) < 4.78 is 11.6. The number of nitrogens with zero attached hydrogens (tertiary/aromatic N) is 2. The van der Waals surface area contributed by atoms with Crippen LogP contribution in [-0.4, -0.2) is 23.4 Å². The Morgan fingerprint density at radius 3 is 1.48 bits per heavy atom. The van der Waals surface area contributed by atoms with Gasteiger partial charge in [0, 0.05) is 11.1 Å². The smallest absolute Gasteiger partial charge is 0.148 e. The summed E-state index contributed by atoms with van der Waals surface area (Å²) in [6.45, 7) is 5.53. The van der Waals surface area contributed by atoms with Crippen LogP contribution in [0, 0.1) is 0 Å². The zero-order valence-electron chi connectivity index (χ0n) is 18.3. The van der Waals surface area contributed by atoms with E-state index in [-0.39, 0.29) is 0 Å². The predicted molar refractivity (Wildman–Crippen MR) is 130 cm³/mol. The summed E-state index contributed by atoms with van der Waals surface area (Å²) >= 11 is 1.59. The fourth-order valence-electron chi connectivity index (χ4n) is 2.96. The number of rotatable bonds is 12. The molecule has 0 N–H and O–H groups in total. The molecular formula is C26H30N2O2S. The molecule has 1 aromatic heterocycles. The van der Waals surface area contributed by atoms with Gasteiger partial charge in [0.2, 0.25) is 0 Å². The van der Waals surface area contributed by atoms with Gasteiger partial charge in [0.05, 0.1) is 13.2 Å². The van der Waals surface area contributed by atoms with E-state index in [1.54, 1.807) is 11.3 Å². The van der Waals surface area contributed by atoms with Gasteiger partial charge in [0.25, 0.3) is 0 Å². The molecule has 3 aromatic rings. The summed E-state index contributed by atoms with van der Waals surface area (Å²) in [6.07, 6.45) is 12.6. The lowest BCUT2D eigenvalue weighted by Crippen LogP contribution is -1.96. The molecule has 0 aliphatic heterocycles. The van der Waals surface area contributed by atoms with Crippen LogP contribution in [0.25, 0.3) is 21.1 Å². The van der Waals surface area contributed by atoms with Crippen LogP contribution in [0.15, 0.2) is 72.8 Å². The lowest BCUT2D eigenvalue weighted by atomic mass is 10.2. The van der Waals surface area contributed by atoms with Crippen LogP contribution in [0.3, 0.4) is 0 Å². The number of aromatic nitrogens is 2. The molecular weight excluding hydrogens is 404 g/mol. The van der Waals surface area contributed by atoms with Crippen LogP contribution >= 0.6 is 11.3 Å². The molecule has 31 heavy (non-hydrogen) atoms. The molecule has 5 heteroatoms. The molecule has 0 saturated heterocycles. The van der Waals surface area contributed by atoms with Gasteiger partial charge in [0.1, 0.15) is 21.5 Å². The summed E-state index contributed by atoms with van der Waals surface area (Å²) in [5.74, 6) is 1.77. The second-order valence-corrected chi connectivity index (χ2v) is 8.06. The molecule has 0 fully saturated rings. The monoisotopic (exact) mass is 434 g/mol. The molecule has 0 radical (unpaired) electrons. The van der Waals surface area contributed by atoms with Crippen LogP contribution in [0.4, 0.5) is 0 Å². The van der Waals surface area contributed by atoms with Crippen molar-refractivity contribution in [1.82, 2.24) is 10.2 Å². The van der Waals surface area contributed by atoms with E-state index in [1.165, 1.54) is 0 Å². The van der Waals surface area contributed by atoms with E-state index >= 15 is 0 Å². The molecule has 0 spiro atoms. The third kappa shape index (κ3) is 7.37. The molecule has 0 atom stereocenters. The highest BCUT2D eigenvalue weighted by molar-refractivity contribution is 7.17. The SMILES string of the molecule is C/C=C/CCCOc1ccc(-c2nnc(-c3ccc(OCCC/C=C/C)cc3)s2)cc1. The summed E-state index contributed by atoms with van der Waals surface area (Å²) in [5.41, 5.74) is 2.09. The Hall–Kier alpha value is -2.92. The van der Waals surface area contributed by atoms with Gasteiger partial charge in [-0.1, -0.05) is 35.6 Å². The van der Waals surface area contributed by atoms with Crippen LogP contribution in [-0.2, 0) is 0 Å². The Bertz CT molecular complexity index is 882. The molecule has 0 aliphatic carbocycles. The maximum atomic E-state index is 5.79. The fraction of sp³-hybridized carbons (Fsp3) is 0.308. The van der Waals surface area contributed by atoms with Gasteiger partial charge in [-0.3, -0.25) is 0 Å². The Morgan fingerprint density at radius 1 is 0.677 bits per heavy atom. The third-order valence-electron chi connectivity index (χ3n) is 4.67. The maximum Gasteiger partial charge on any atom is 0.148 e. The third-order valence-corrected chi connectivity index (χ3v) is 5.69. The van der Waals surface area contributed by atoms with Crippen molar-refractivity contribution in [1.29, 1.82) is 0 Å². The average molecular weight is 435 g/mol. The first-order valence-electron chi connectivity index (χ1n) is 10.8. The van der Waals surface area contributed by atoms with Crippen LogP contribution in [0.2, 0.25) is 0 Å². The van der Waals surface area contributed by atoms with Crippen molar-refractivity contribution in [2.24, 2.45) is 0 Å². The van der Waals surface area contributed by atoms with Gasteiger partial charge >= 0.3 is 0 Å². The van der Waals surface area contributed by atoms with Gasteiger partial charge in [-0.2, -0.15) is 0 Å². The standard InChI is InChI=1S/C26H30N2O2S/c1-3-5-7-9-19-29-23-15-11-21(12-16-23)25-27-28-26(31-25)22-13-17-24(18-14-22)30-20-10-8-6-4-2/h3-6,11-18H,7-10,19-20H2,1-2H3/b5-3+,6-4+. The summed E-state index contributed by atoms with van der Waals surface area (Å²) in [5, 5.41) is 10.5. The molecule has 3 rings (SSSR count). The first-order chi connectivity index (χ1) is 15.3. The van der Waals surface area contributed by atoms with Crippen LogP contribution < -0.4 is 9.47 Å². The van der Waals surface area contributed by atoms with Gasteiger partial charge in [0.15, 0.2) is 0 Å². The first kappa shape index (κ1) is 22.8. The van der Waals surface area contributed by atoms with E-state index in [0.717, 1.165) is 71.5 Å². The highest BCUT2D eigenvalue weighted by atomic mass is 32.1. The number of benzene rings is 2. The zero-order valence-corrected chi connectivity index (χ0v) is 19.1. The molecule has 2 aromatic carbocycles. The van der Waals surface area contributed by atoms with E-state index in [0.29, 0.717) is 0 Å². The van der Waals surface area contributed by atoms with Crippen LogP contribution in [0.5, 0.6) is 11.5 Å². The van der Waals surface area contributed by atoms with Crippen molar-refractivity contribution >= 4 is 11.3 Å². The zero-order chi connectivity index (χ0) is 21.7. The van der Waals surface area contributed by atoms with Gasteiger partial charge in [-0.15, -0.1) is 10.2 Å². The van der Waals surface area contributed by atoms with Crippen molar-refractivity contribution in [2.45, 2.75) is 39.5 Å². The minimum Gasteiger partial charge on any atom is -0.494 e. The fourth-order valence-corrected chi connectivity index (χ4v) is 3.81. The molecule has 0 bridgehead atoms. The molecule has 4 nitrogen and oxygen atoms in total. The highest BCUT2D eigenvalue weighted by Gasteiger charge is 2.09. The molecule has 0 unspecified atom stereocenters. The number of ether oxygens (including phenoxy) is 2. The van der Waals surface area contributed by atoms with Crippen molar-refractivity contribution in [3.05, 3.63) is 72.8 Å². The number of hydrogen-bond donors (Lipinski definition) is 0. The van der Waals surface area contributed by atoms with Gasteiger partial charge in [-0.05, 0) is 88.1 Å². The molecule has 0 saturated carbocycles. The second-order valence-electron chi connectivity index (χ2n) is 7.08. The molecule has 0 aliphatic rings. The van der Waals surface area contributed by atoms with Crippen molar-refractivity contribution in [2.75, 3.05) is 13.2 Å². The Morgan fingerprint density at radius 2 is 1.10 bits per heavy atom. The van der Waals surface area contributed by atoms with Crippen molar-refractivity contribution in [3.63, 3.8) is 0 Å². The second kappa shape index (κ2) is 12.7. The van der Waals surface area contributed by atoms with E-state index < -0.39 is 0 Å². The summed E-state index contributed by atoms with van der Waals surface area (Å²) in [6, 6.07) is 16.1.